The third-order valence-electron chi connectivity index (χ3n) is 4.15. The number of hydrogen-bond acceptors (Lipinski definition) is 4. The summed E-state index contributed by atoms with van der Waals surface area (Å²) >= 11 is 7.33. The Balaban J connectivity index is 0.00000300. The van der Waals surface area contributed by atoms with Crippen LogP contribution in [0.25, 0.3) is 0 Å². The Morgan fingerprint density at radius 1 is 1.21 bits per heavy atom. The molecule has 0 spiro atoms. The van der Waals surface area contributed by atoms with Gasteiger partial charge in [-0.15, -0.1) is 35.3 Å². The van der Waals surface area contributed by atoms with Crippen molar-refractivity contribution < 1.29 is 5.11 Å². The van der Waals surface area contributed by atoms with E-state index in [0.717, 1.165) is 17.0 Å². The van der Waals surface area contributed by atoms with Gasteiger partial charge in [-0.05, 0) is 36.2 Å². The Bertz CT molecular complexity index is 900. The van der Waals surface area contributed by atoms with Gasteiger partial charge in [-0.1, -0.05) is 35.9 Å². The molecule has 0 aliphatic heterocycles. The molecule has 156 valence electrons. The van der Waals surface area contributed by atoms with Gasteiger partial charge in [0, 0.05) is 30.4 Å². The van der Waals surface area contributed by atoms with Crippen LogP contribution in [0.15, 0.2) is 59.9 Å². The number of aliphatic hydroxyl groups excluding tert-OH is 1. The lowest BCUT2D eigenvalue weighted by molar-refractivity contribution is 0.184. The number of aliphatic hydroxyl groups is 1. The fourth-order valence-corrected chi connectivity index (χ4v) is 3.79. The molecule has 3 N–H and O–H groups in total. The van der Waals surface area contributed by atoms with Gasteiger partial charge in [-0.3, -0.25) is 4.68 Å². The van der Waals surface area contributed by atoms with E-state index >= 15 is 0 Å². The van der Waals surface area contributed by atoms with E-state index in [9.17, 15) is 5.11 Å². The molecule has 29 heavy (non-hydrogen) atoms. The third-order valence-corrected chi connectivity index (χ3v) is 5.48. The number of aliphatic imine (C=N–C) groups is 1. The minimum absolute atomic E-state index is 0. The van der Waals surface area contributed by atoms with Crippen LogP contribution in [0.2, 0.25) is 4.34 Å². The first-order valence-corrected chi connectivity index (χ1v) is 10.3. The van der Waals surface area contributed by atoms with E-state index < -0.39 is 6.10 Å². The summed E-state index contributed by atoms with van der Waals surface area (Å²) in [6.07, 6.45) is 3.10. The molecule has 0 fully saturated rings. The maximum absolute atomic E-state index is 10.3. The smallest absolute Gasteiger partial charge is 0.191 e. The second-order valence-electron chi connectivity index (χ2n) is 6.21. The van der Waals surface area contributed by atoms with E-state index in [2.05, 4.69) is 32.9 Å². The lowest BCUT2D eigenvalue weighted by atomic mass is 10.1. The molecule has 0 saturated carbocycles. The van der Waals surface area contributed by atoms with Crippen LogP contribution in [-0.2, 0) is 13.1 Å². The van der Waals surface area contributed by atoms with Crippen LogP contribution >= 0.6 is 46.9 Å². The molecule has 9 heteroatoms. The molecule has 2 aromatic heterocycles. The van der Waals surface area contributed by atoms with Crippen LogP contribution < -0.4 is 10.6 Å². The molecule has 6 nitrogen and oxygen atoms in total. The number of rotatable bonds is 8. The molecular weight excluding hydrogens is 521 g/mol. The second-order valence-corrected chi connectivity index (χ2v) is 7.95. The molecule has 0 radical (unpaired) electrons. The summed E-state index contributed by atoms with van der Waals surface area (Å²) in [7, 11) is 0. The van der Waals surface area contributed by atoms with Crippen molar-refractivity contribution in [1.29, 1.82) is 0 Å². The highest BCUT2D eigenvalue weighted by Gasteiger charge is 2.11. The lowest BCUT2D eigenvalue weighted by Gasteiger charge is -2.15. The zero-order valence-electron chi connectivity index (χ0n) is 16.1. The lowest BCUT2D eigenvalue weighted by Crippen LogP contribution is -2.39. The predicted molar refractivity (Wildman–Crippen MR) is 130 cm³/mol. The Kier molecular flexibility index (Phi) is 9.92. The zero-order valence-corrected chi connectivity index (χ0v) is 20.0. The molecule has 0 aliphatic rings. The number of guanidine groups is 1. The molecule has 1 unspecified atom stereocenters. The van der Waals surface area contributed by atoms with Crippen molar-refractivity contribution in [3.8, 4) is 0 Å². The van der Waals surface area contributed by atoms with Gasteiger partial charge in [-0.2, -0.15) is 5.10 Å². The summed E-state index contributed by atoms with van der Waals surface area (Å²) in [5, 5.41) is 21.0. The molecule has 0 bridgehead atoms. The van der Waals surface area contributed by atoms with E-state index in [4.69, 9.17) is 11.6 Å². The SMILES string of the molecule is CCNC(=NCc1ccccc1Cn1cccn1)NCC(O)c1ccc(Cl)s1.I. The first kappa shape index (κ1) is 23.7. The van der Waals surface area contributed by atoms with Gasteiger partial charge >= 0.3 is 0 Å². The van der Waals surface area contributed by atoms with Gasteiger partial charge in [0.15, 0.2) is 5.96 Å². The summed E-state index contributed by atoms with van der Waals surface area (Å²) in [5.41, 5.74) is 2.32. The normalized spacial score (nSPS) is 12.3. The molecule has 2 heterocycles. The minimum atomic E-state index is -0.631. The maximum Gasteiger partial charge on any atom is 0.191 e. The van der Waals surface area contributed by atoms with E-state index in [-0.39, 0.29) is 24.0 Å². The number of nitrogens with zero attached hydrogens (tertiary/aromatic N) is 3. The Morgan fingerprint density at radius 3 is 2.66 bits per heavy atom. The van der Waals surface area contributed by atoms with Gasteiger partial charge in [0.05, 0.1) is 17.4 Å². The van der Waals surface area contributed by atoms with Gasteiger partial charge < -0.3 is 15.7 Å². The summed E-state index contributed by atoms with van der Waals surface area (Å²) in [6, 6.07) is 13.8. The van der Waals surface area contributed by atoms with Gasteiger partial charge in [0.2, 0.25) is 0 Å². The number of aromatic nitrogens is 2. The van der Waals surface area contributed by atoms with Crippen LogP contribution in [0.3, 0.4) is 0 Å². The van der Waals surface area contributed by atoms with Crippen molar-refractivity contribution in [2.75, 3.05) is 13.1 Å². The molecule has 0 saturated heterocycles. The maximum atomic E-state index is 10.3. The molecule has 1 atom stereocenters. The van der Waals surface area contributed by atoms with Crippen molar-refractivity contribution >= 4 is 52.9 Å². The Morgan fingerprint density at radius 2 is 2.00 bits per heavy atom. The number of benzene rings is 1. The highest BCUT2D eigenvalue weighted by atomic mass is 127. The average Bonchev–Trinajstić information content (AvgIpc) is 3.36. The standard InChI is InChI=1S/C20H24ClN5OS.HI/c1-2-22-20(24-13-17(27)18-8-9-19(21)28-18)23-12-15-6-3-4-7-16(15)14-26-11-5-10-25-26;/h3-11,17,27H,2,12-14H2,1H3,(H2,22,23,24);1H. The molecule has 0 aliphatic carbocycles. The fraction of sp³-hybridized carbons (Fsp3) is 0.300. The van der Waals surface area contributed by atoms with Crippen LogP contribution in [0.5, 0.6) is 0 Å². The van der Waals surface area contributed by atoms with Crippen molar-refractivity contribution in [2.24, 2.45) is 4.99 Å². The Labute approximate surface area is 197 Å². The zero-order chi connectivity index (χ0) is 19.8. The van der Waals surface area contributed by atoms with E-state index in [0.29, 0.717) is 29.9 Å². The van der Waals surface area contributed by atoms with Gasteiger partial charge in [0.25, 0.3) is 0 Å². The summed E-state index contributed by atoms with van der Waals surface area (Å²) in [6.45, 7) is 4.35. The first-order chi connectivity index (χ1) is 13.7. The van der Waals surface area contributed by atoms with Crippen molar-refractivity contribution in [3.05, 3.63) is 75.2 Å². The molecule has 1 aromatic carbocycles. The first-order valence-electron chi connectivity index (χ1n) is 9.15. The second kappa shape index (κ2) is 12.2. The van der Waals surface area contributed by atoms with Crippen molar-refractivity contribution in [3.63, 3.8) is 0 Å². The predicted octanol–water partition coefficient (Wildman–Crippen LogP) is 4.05. The summed E-state index contributed by atoms with van der Waals surface area (Å²) < 4.78 is 2.57. The number of hydrogen-bond donors (Lipinski definition) is 3. The number of thiophene rings is 1. The molecular formula is C20H25ClIN5OS. The average molecular weight is 546 g/mol. The quantitative estimate of drug-likeness (QED) is 0.227. The van der Waals surface area contributed by atoms with Crippen molar-refractivity contribution in [1.82, 2.24) is 20.4 Å². The topological polar surface area (TPSA) is 74.5 Å². The number of nitrogens with one attached hydrogen (secondary N) is 2. The van der Waals surface area contributed by atoms with Gasteiger partial charge in [0.1, 0.15) is 6.10 Å². The largest absolute Gasteiger partial charge is 0.386 e. The Hall–Kier alpha value is -1.62. The van der Waals surface area contributed by atoms with Crippen molar-refractivity contribution in [2.45, 2.75) is 26.1 Å². The van der Waals surface area contributed by atoms with E-state index in [1.54, 1.807) is 12.3 Å². The highest BCUT2D eigenvalue weighted by molar-refractivity contribution is 14.0. The van der Waals surface area contributed by atoms with Crippen LogP contribution in [0, 0.1) is 0 Å². The van der Waals surface area contributed by atoms with E-state index in [1.165, 1.54) is 16.9 Å². The highest BCUT2D eigenvalue weighted by Crippen LogP contribution is 2.26. The molecule has 0 amide bonds. The fourth-order valence-electron chi connectivity index (χ4n) is 2.74. The molecule has 3 aromatic rings. The van der Waals surface area contributed by atoms with E-state index in [1.807, 2.05) is 42.1 Å². The minimum Gasteiger partial charge on any atom is -0.386 e. The van der Waals surface area contributed by atoms with Crippen LogP contribution in [0.1, 0.15) is 29.0 Å². The van der Waals surface area contributed by atoms with Crippen LogP contribution in [-0.4, -0.2) is 33.9 Å². The summed E-state index contributed by atoms with van der Waals surface area (Å²) in [4.78, 5) is 5.51. The summed E-state index contributed by atoms with van der Waals surface area (Å²) in [5.74, 6) is 0.665. The monoisotopic (exact) mass is 545 g/mol. The molecule has 3 rings (SSSR count). The van der Waals surface area contributed by atoms with Crippen LogP contribution in [0.4, 0.5) is 0 Å². The third kappa shape index (κ3) is 7.29. The number of halogens is 2. The van der Waals surface area contributed by atoms with Gasteiger partial charge in [-0.25, -0.2) is 4.99 Å².